The number of alkyl halides is 3. The van der Waals surface area contributed by atoms with Gasteiger partial charge in [0.05, 0.1) is 0 Å². The molecule has 0 aliphatic heterocycles. The molecule has 0 saturated carbocycles. The van der Waals surface area contributed by atoms with Crippen LogP contribution < -0.4 is 5.32 Å². The summed E-state index contributed by atoms with van der Waals surface area (Å²) in [6.45, 7) is 1.08. The quantitative estimate of drug-likeness (QED) is 0.673. The number of halogens is 3. The molecule has 0 aromatic rings. The first-order valence-corrected chi connectivity index (χ1v) is 7.23. The van der Waals surface area contributed by atoms with Crippen LogP contribution >= 0.6 is 11.8 Å². The Morgan fingerprint density at radius 3 is 2.45 bits per heavy atom. The molecule has 2 N–H and O–H groups in total. The summed E-state index contributed by atoms with van der Waals surface area (Å²) in [6, 6.07) is -1.33. The average molecular weight is 316 g/mol. The number of thioether (sulfide) groups is 1. The third kappa shape index (κ3) is 9.76. The third-order valence-corrected chi connectivity index (χ3v) is 3.19. The molecule has 1 unspecified atom stereocenters. The molecule has 0 rings (SSSR count). The lowest BCUT2D eigenvalue weighted by atomic mass is 10.2. The van der Waals surface area contributed by atoms with E-state index in [1.807, 2.05) is 6.92 Å². The molecular weight excluding hydrogens is 297 g/mol. The Balaban J connectivity index is 4.42. The molecular formula is C11H19F3N2O3S. The summed E-state index contributed by atoms with van der Waals surface area (Å²) in [6.07, 6.45) is -4.02. The van der Waals surface area contributed by atoms with Gasteiger partial charge in [-0.1, -0.05) is 6.92 Å². The van der Waals surface area contributed by atoms with Gasteiger partial charge in [-0.15, -0.1) is 0 Å². The first kappa shape index (κ1) is 18.9. The maximum absolute atomic E-state index is 12.3. The Kier molecular flexibility index (Phi) is 8.43. The van der Waals surface area contributed by atoms with Gasteiger partial charge in [-0.2, -0.15) is 24.9 Å². The highest BCUT2D eigenvalue weighted by atomic mass is 32.2. The van der Waals surface area contributed by atoms with E-state index in [9.17, 15) is 22.8 Å². The predicted molar refractivity (Wildman–Crippen MR) is 70.9 cm³/mol. The van der Waals surface area contributed by atoms with Crippen molar-refractivity contribution < 1.29 is 27.9 Å². The third-order valence-electron chi connectivity index (χ3n) is 2.25. The number of urea groups is 1. The summed E-state index contributed by atoms with van der Waals surface area (Å²) in [5.74, 6) is 0.203. The SMILES string of the molecule is CCSCCC(C)NC(=O)N(CC(=O)O)CC(F)(F)F. The molecule has 0 saturated heterocycles. The second-order valence-electron chi connectivity index (χ2n) is 4.20. The standard InChI is InChI=1S/C11H19F3N2O3S/c1-3-20-5-4-8(2)15-10(19)16(6-9(17)18)7-11(12,13)14/h8H,3-7H2,1-2H3,(H,15,19)(H,17,18). The van der Waals surface area contributed by atoms with Crippen LogP contribution in [-0.2, 0) is 4.79 Å². The monoisotopic (exact) mass is 316 g/mol. The number of nitrogens with zero attached hydrogens (tertiary/aromatic N) is 1. The van der Waals surface area contributed by atoms with E-state index >= 15 is 0 Å². The lowest BCUT2D eigenvalue weighted by Gasteiger charge is -2.24. The van der Waals surface area contributed by atoms with Crippen LogP contribution in [0.15, 0.2) is 0 Å². The van der Waals surface area contributed by atoms with E-state index in [0.29, 0.717) is 6.42 Å². The second kappa shape index (κ2) is 8.93. The molecule has 0 fully saturated rings. The summed E-state index contributed by atoms with van der Waals surface area (Å²) in [4.78, 5) is 22.4. The Morgan fingerprint density at radius 2 is 2.00 bits per heavy atom. The van der Waals surface area contributed by atoms with Crippen LogP contribution in [0.25, 0.3) is 0 Å². The fourth-order valence-corrected chi connectivity index (χ4v) is 2.17. The van der Waals surface area contributed by atoms with E-state index in [1.54, 1.807) is 18.7 Å². The van der Waals surface area contributed by atoms with Crippen molar-refractivity contribution in [1.82, 2.24) is 10.2 Å². The minimum absolute atomic E-state index is 0.242. The highest BCUT2D eigenvalue weighted by Crippen LogP contribution is 2.16. The Morgan fingerprint density at radius 1 is 1.40 bits per heavy atom. The van der Waals surface area contributed by atoms with Crippen LogP contribution in [0.3, 0.4) is 0 Å². The number of hydrogen-bond donors (Lipinski definition) is 2. The molecule has 0 spiro atoms. The van der Waals surface area contributed by atoms with Crippen LogP contribution in [0.4, 0.5) is 18.0 Å². The number of carboxylic acid groups (broad SMARTS) is 1. The smallest absolute Gasteiger partial charge is 0.406 e. The highest BCUT2D eigenvalue weighted by molar-refractivity contribution is 7.99. The molecule has 0 heterocycles. The van der Waals surface area contributed by atoms with E-state index < -0.39 is 31.3 Å². The molecule has 2 amide bonds. The maximum atomic E-state index is 12.3. The predicted octanol–water partition coefficient (Wildman–Crippen LogP) is 2.18. The maximum Gasteiger partial charge on any atom is 0.406 e. The van der Waals surface area contributed by atoms with Crippen molar-refractivity contribution in [2.24, 2.45) is 0 Å². The summed E-state index contributed by atoms with van der Waals surface area (Å²) in [5.41, 5.74) is 0. The molecule has 0 radical (unpaired) electrons. The normalized spacial score (nSPS) is 12.8. The van der Waals surface area contributed by atoms with Gasteiger partial charge in [0, 0.05) is 6.04 Å². The van der Waals surface area contributed by atoms with E-state index in [4.69, 9.17) is 5.11 Å². The molecule has 9 heteroatoms. The molecule has 5 nitrogen and oxygen atoms in total. The zero-order valence-electron chi connectivity index (χ0n) is 11.4. The first-order chi connectivity index (χ1) is 9.15. The lowest BCUT2D eigenvalue weighted by Crippen LogP contribution is -2.49. The van der Waals surface area contributed by atoms with Crippen molar-refractivity contribution in [2.75, 3.05) is 24.6 Å². The number of amides is 2. The Hall–Kier alpha value is -1.12. The van der Waals surface area contributed by atoms with Crippen LogP contribution in [-0.4, -0.2) is 58.8 Å². The molecule has 20 heavy (non-hydrogen) atoms. The fourth-order valence-electron chi connectivity index (χ4n) is 1.36. The fraction of sp³-hybridized carbons (Fsp3) is 0.818. The first-order valence-electron chi connectivity index (χ1n) is 6.07. The largest absolute Gasteiger partial charge is 0.480 e. The van der Waals surface area contributed by atoms with Crippen molar-refractivity contribution in [1.29, 1.82) is 0 Å². The van der Waals surface area contributed by atoms with Gasteiger partial charge in [0.25, 0.3) is 0 Å². The van der Waals surface area contributed by atoms with Gasteiger partial charge in [0.15, 0.2) is 0 Å². The van der Waals surface area contributed by atoms with Crippen molar-refractivity contribution in [3.05, 3.63) is 0 Å². The molecule has 0 aliphatic carbocycles. The van der Waals surface area contributed by atoms with Gasteiger partial charge >= 0.3 is 18.2 Å². The zero-order valence-corrected chi connectivity index (χ0v) is 12.2. The van der Waals surface area contributed by atoms with Crippen molar-refractivity contribution in [2.45, 2.75) is 32.5 Å². The van der Waals surface area contributed by atoms with Gasteiger partial charge < -0.3 is 15.3 Å². The van der Waals surface area contributed by atoms with E-state index in [2.05, 4.69) is 5.32 Å². The number of carbonyl (C=O) groups excluding carboxylic acids is 1. The summed E-state index contributed by atoms with van der Waals surface area (Å²) < 4.78 is 36.9. The summed E-state index contributed by atoms with van der Waals surface area (Å²) >= 11 is 1.65. The van der Waals surface area contributed by atoms with Crippen LogP contribution in [0.1, 0.15) is 20.3 Å². The van der Waals surface area contributed by atoms with Gasteiger partial charge in [-0.25, -0.2) is 4.79 Å². The minimum Gasteiger partial charge on any atom is -0.480 e. The van der Waals surface area contributed by atoms with Gasteiger partial charge in [-0.3, -0.25) is 4.79 Å². The van der Waals surface area contributed by atoms with Crippen molar-refractivity contribution in [3.8, 4) is 0 Å². The van der Waals surface area contributed by atoms with Crippen LogP contribution in [0.2, 0.25) is 0 Å². The zero-order chi connectivity index (χ0) is 15.8. The molecule has 0 aromatic carbocycles. The van der Waals surface area contributed by atoms with Gasteiger partial charge in [0.2, 0.25) is 0 Å². The number of aliphatic carboxylic acids is 1. The Bertz CT molecular complexity index is 327. The molecule has 0 bridgehead atoms. The molecule has 1 atom stereocenters. The summed E-state index contributed by atoms with van der Waals surface area (Å²) in [5, 5.41) is 10.9. The van der Waals surface area contributed by atoms with Crippen LogP contribution in [0.5, 0.6) is 0 Å². The van der Waals surface area contributed by atoms with Gasteiger partial charge in [0.1, 0.15) is 13.1 Å². The van der Waals surface area contributed by atoms with E-state index in [1.165, 1.54) is 0 Å². The number of hydrogen-bond acceptors (Lipinski definition) is 3. The lowest BCUT2D eigenvalue weighted by molar-refractivity contribution is -0.149. The minimum atomic E-state index is -4.63. The highest BCUT2D eigenvalue weighted by Gasteiger charge is 2.34. The molecule has 0 aromatic heterocycles. The van der Waals surface area contributed by atoms with Gasteiger partial charge in [-0.05, 0) is 24.9 Å². The van der Waals surface area contributed by atoms with Crippen molar-refractivity contribution >= 4 is 23.8 Å². The van der Waals surface area contributed by atoms with Crippen LogP contribution in [0, 0.1) is 0 Å². The molecule has 0 aliphatic rings. The molecule has 118 valence electrons. The van der Waals surface area contributed by atoms with Crippen molar-refractivity contribution in [3.63, 3.8) is 0 Å². The number of rotatable bonds is 8. The van der Waals surface area contributed by atoms with E-state index in [-0.39, 0.29) is 10.9 Å². The summed E-state index contributed by atoms with van der Waals surface area (Å²) in [7, 11) is 0. The second-order valence-corrected chi connectivity index (χ2v) is 5.59. The topological polar surface area (TPSA) is 69.6 Å². The Labute approximate surface area is 119 Å². The number of nitrogens with one attached hydrogen (secondary N) is 1. The average Bonchev–Trinajstić information content (AvgIpc) is 2.25. The van der Waals surface area contributed by atoms with E-state index in [0.717, 1.165) is 11.5 Å². The number of carbonyl (C=O) groups is 2. The number of carboxylic acids is 1.